The number of aryl methyl sites for hydroxylation is 1. The molecular weight excluding hydrogens is 194 g/mol. The summed E-state index contributed by atoms with van der Waals surface area (Å²) in [6.07, 6.45) is 6.51. The minimum absolute atomic E-state index is 0.122. The predicted molar refractivity (Wildman–Crippen MR) is 51.7 cm³/mol. The third kappa shape index (κ3) is 1.18. The van der Waals surface area contributed by atoms with Gasteiger partial charge in [0.1, 0.15) is 5.82 Å². The first-order valence-electron chi connectivity index (χ1n) is 4.81. The van der Waals surface area contributed by atoms with Crippen molar-refractivity contribution in [3.63, 3.8) is 0 Å². The Morgan fingerprint density at radius 1 is 1.33 bits per heavy atom. The molecule has 1 aliphatic rings. The lowest BCUT2D eigenvalue weighted by Gasteiger charge is -1.96. The molecule has 0 saturated carbocycles. The zero-order chi connectivity index (χ0) is 10.3. The largest absolute Gasteiger partial charge is 0.352 e. The van der Waals surface area contributed by atoms with E-state index in [9.17, 15) is 4.79 Å². The Morgan fingerprint density at radius 3 is 3.00 bits per heavy atom. The van der Waals surface area contributed by atoms with E-state index in [4.69, 9.17) is 0 Å². The van der Waals surface area contributed by atoms with E-state index in [2.05, 4.69) is 15.1 Å². The summed E-state index contributed by atoms with van der Waals surface area (Å²) < 4.78 is 3.00. The molecule has 0 aliphatic carbocycles. The van der Waals surface area contributed by atoms with Gasteiger partial charge in [0.25, 0.3) is 0 Å². The molecule has 0 N–H and O–H groups in total. The molecule has 0 atom stereocenters. The van der Waals surface area contributed by atoms with Gasteiger partial charge in [-0.2, -0.15) is 4.68 Å². The Kier molecular flexibility index (Phi) is 1.67. The molecule has 0 aromatic carbocycles. The molecular formula is C9H9N5O. The van der Waals surface area contributed by atoms with Gasteiger partial charge in [0.15, 0.2) is 5.82 Å². The smallest absolute Gasteiger partial charge is 0.279 e. The molecule has 0 unspecified atom stereocenters. The van der Waals surface area contributed by atoms with E-state index in [1.165, 1.54) is 10.9 Å². The van der Waals surface area contributed by atoms with Crippen LogP contribution in [0, 0.1) is 0 Å². The van der Waals surface area contributed by atoms with Gasteiger partial charge >= 0.3 is 5.69 Å². The fourth-order valence-electron chi connectivity index (χ4n) is 1.79. The second kappa shape index (κ2) is 3.01. The van der Waals surface area contributed by atoms with E-state index in [0.717, 1.165) is 25.2 Å². The third-order valence-electron chi connectivity index (χ3n) is 2.49. The molecule has 0 saturated heterocycles. The normalized spacial score (nSPS) is 14.1. The molecule has 6 nitrogen and oxygen atoms in total. The molecule has 6 heteroatoms. The van der Waals surface area contributed by atoms with Crippen LogP contribution in [0.1, 0.15) is 12.2 Å². The fourth-order valence-corrected chi connectivity index (χ4v) is 1.79. The summed E-state index contributed by atoms with van der Waals surface area (Å²) in [6.45, 7) is 0.758. The zero-order valence-electron chi connectivity index (χ0n) is 8.00. The second-order valence-electron chi connectivity index (χ2n) is 3.43. The molecule has 3 heterocycles. The molecule has 0 fully saturated rings. The SMILES string of the molecule is O=c1n(-c2cnccn2)nc2n1CCC2. The predicted octanol–water partition coefficient (Wildman–Crippen LogP) is -0.230. The van der Waals surface area contributed by atoms with Crippen molar-refractivity contribution < 1.29 is 0 Å². The van der Waals surface area contributed by atoms with E-state index < -0.39 is 0 Å². The van der Waals surface area contributed by atoms with Gasteiger partial charge in [-0.3, -0.25) is 9.55 Å². The lowest BCUT2D eigenvalue weighted by atomic mass is 10.4. The summed E-state index contributed by atoms with van der Waals surface area (Å²) >= 11 is 0. The van der Waals surface area contributed by atoms with Gasteiger partial charge in [-0.15, -0.1) is 5.10 Å². The van der Waals surface area contributed by atoms with Crippen LogP contribution in [0.25, 0.3) is 5.82 Å². The van der Waals surface area contributed by atoms with Crippen LogP contribution in [-0.4, -0.2) is 24.3 Å². The zero-order valence-corrected chi connectivity index (χ0v) is 8.00. The van der Waals surface area contributed by atoms with E-state index in [1.807, 2.05) is 0 Å². The monoisotopic (exact) mass is 203 g/mol. The van der Waals surface area contributed by atoms with Crippen molar-refractivity contribution >= 4 is 0 Å². The third-order valence-corrected chi connectivity index (χ3v) is 2.49. The lowest BCUT2D eigenvalue weighted by molar-refractivity contribution is 0.682. The van der Waals surface area contributed by atoms with Gasteiger partial charge in [-0.25, -0.2) is 9.78 Å². The van der Waals surface area contributed by atoms with Gasteiger partial charge < -0.3 is 0 Å². The average Bonchev–Trinajstić information content (AvgIpc) is 2.83. The highest BCUT2D eigenvalue weighted by Gasteiger charge is 2.19. The van der Waals surface area contributed by atoms with Crippen LogP contribution < -0.4 is 5.69 Å². The van der Waals surface area contributed by atoms with Gasteiger partial charge in [0, 0.05) is 25.4 Å². The highest BCUT2D eigenvalue weighted by atomic mass is 16.2. The summed E-state index contributed by atoms with van der Waals surface area (Å²) in [6, 6.07) is 0. The number of aromatic nitrogens is 5. The first kappa shape index (κ1) is 8.34. The van der Waals surface area contributed by atoms with E-state index >= 15 is 0 Å². The van der Waals surface area contributed by atoms with Crippen LogP contribution in [0.5, 0.6) is 0 Å². The summed E-state index contributed by atoms with van der Waals surface area (Å²) in [5.74, 6) is 1.31. The molecule has 0 amide bonds. The Labute approximate surface area is 85.2 Å². The number of nitrogens with zero attached hydrogens (tertiary/aromatic N) is 5. The average molecular weight is 203 g/mol. The molecule has 15 heavy (non-hydrogen) atoms. The van der Waals surface area contributed by atoms with Crippen molar-refractivity contribution in [3.05, 3.63) is 34.9 Å². The first-order chi connectivity index (χ1) is 7.36. The van der Waals surface area contributed by atoms with Crippen LogP contribution >= 0.6 is 0 Å². The van der Waals surface area contributed by atoms with Crippen molar-refractivity contribution in [1.29, 1.82) is 0 Å². The first-order valence-corrected chi connectivity index (χ1v) is 4.81. The van der Waals surface area contributed by atoms with Crippen molar-refractivity contribution in [3.8, 4) is 5.82 Å². The number of rotatable bonds is 1. The summed E-state index contributed by atoms with van der Waals surface area (Å²) in [4.78, 5) is 19.8. The molecule has 76 valence electrons. The molecule has 1 aliphatic heterocycles. The molecule has 2 aromatic heterocycles. The minimum Gasteiger partial charge on any atom is -0.279 e. The maximum absolute atomic E-state index is 11.9. The van der Waals surface area contributed by atoms with Crippen LogP contribution in [0.2, 0.25) is 0 Å². The maximum atomic E-state index is 11.9. The Balaban J connectivity index is 2.19. The van der Waals surface area contributed by atoms with Crippen molar-refractivity contribution in [2.45, 2.75) is 19.4 Å². The maximum Gasteiger partial charge on any atom is 0.352 e. The van der Waals surface area contributed by atoms with E-state index in [-0.39, 0.29) is 5.69 Å². The second-order valence-corrected chi connectivity index (χ2v) is 3.43. The quantitative estimate of drug-likeness (QED) is 0.642. The topological polar surface area (TPSA) is 65.6 Å². The van der Waals surface area contributed by atoms with Crippen LogP contribution in [0.3, 0.4) is 0 Å². The Hall–Kier alpha value is -1.98. The van der Waals surface area contributed by atoms with Crippen LogP contribution in [0.15, 0.2) is 23.4 Å². The molecule has 0 bridgehead atoms. The highest BCUT2D eigenvalue weighted by Crippen LogP contribution is 2.09. The fraction of sp³-hybridized carbons (Fsp3) is 0.333. The highest BCUT2D eigenvalue weighted by molar-refractivity contribution is 5.15. The standard InChI is InChI=1S/C9H9N5O/c15-9-13-5-1-2-7(13)12-14(9)8-6-10-3-4-11-8/h3-4,6H,1-2,5H2. The van der Waals surface area contributed by atoms with Crippen molar-refractivity contribution in [2.24, 2.45) is 0 Å². The molecule has 3 rings (SSSR count). The lowest BCUT2D eigenvalue weighted by Crippen LogP contribution is -2.23. The summed E-state index contributed by atoms with van der Waals surface area (Å²) in [7, 11) is 0. The number of hydrogen-bond donors (Lipinski definition) is 0. The molecule has 0 radical (unpaired) electrons. The van der Waals surface area contributed by atoms with Crippen LogP contribution in [0.4, 0.5) is 0 Å². The molecule has 2 aromatic rings. The van der Waals surface area contributed by atoms with E-state index in [0.29, 0.717) is 5.82 Å². The van der Waals surface area contributed by atoms with Crippen LogP contribution in [-0.2, 0) is 13.0 Å². The summed E-state index contributed by atoms with van der Waals surface area (Å²) in [5, 5.41) is 4.23. The number of hydrogen-bond acceptors (Lipinski definition) is 4. The van der Waals surface area contributed by atoms with E-state index in [1.54, 1.807) is 17.0 Å². The minimum atomic E-state index is -0.122. The van der Waals surface area contributed by atoms with Crippen molar-refractivity contribution in [2.75, 3.05) is 0 Å². The van der Waals surface area contributed by atoms with Gasteiger partial charge in [-0.05, 0) is 6.42 Å². The Morgan fingerprint density at radius 2 is 2.27 bits per heavy atom. The number of fused-ring (bicyclic) bond motifs is 1. The van der Waals surface area contributed by atoms with Gasteiger partial charge in [0.2, 0.25) is 0 Å². The van der Waals surface area contributed by atoms with Gasteiger partial charge in [-0.1, -0.05) is 0 Å². The summed E-state index contributed by atoms with van der Waals surface area (Å²) in [5.41, 5.74) is -0.122. The van der Waals surface area contributed by atoms with Crippen molar-refractivity contribution in [1.82, 2.24) is 24.3 Å². The Bertz CT molecular complexity index is 541. The molecule has 0 spiro atoms. The van der Waals surface area contributed by atoms with Gasteiger partial charge in [0.05, 0.1) is 6.20 Å².